The number of alkyl halides is 3. The molecule has 9 nitrogen and oxygen atoms in total. The van der Waals surface area contributed by atoms with E-state index in [-0.39, 0.29) is 23.5 Å². The number of esters is 1. The topological polar surface area (TPSA) is 127 Å². The van der Waals surface area contributed by atoms with Crippen molar-refractivity contribution in [3.05, 3.63) is 60.2 Å². The summed E-state index contributed by atoms with van der Waals surface area (Å²) in [5.74, 6) is -1.22. The standard InChI is InChI=1S/C14H19ClN2O2.C14H20N2O3.CH2ClI/c1-2-3-4-7-12(13(18)9-15)17-14(19)11-6-5-8-16-10-11;1-3-4-5-8-12(14(18)19-2)16-13(17)11-7-6-9-15-10-11;2-1-3/h5-6,8,10,12H,2-4,7,9H2,1H3,(H,17,19);6-7,9-10,12H,3-5,8H2,1-2H3,(H,16,17);1H2/t2*12-;/m00./s1. The minimum absolute atomic E-state index is 0.0793. The lowest BCUT2D eigenvalue weighted by Crippen LogP contribution is -2.41. The van der Waals surface area contributed by atoms with E-state index in [0.717, 1.165) is 38.5 Å². The number of aromatic nitrogens is 2. The van der Waals surface area contributed by atoms with Crippen molar-refractivity contribution in [3.63, 3.8) is 0 Å². The first-order valence-electron chi connectivity index (χ1n) is 13.5. The predicted octanol–water partition coefficient (Wildman–Crippen LogP) is 6.12. The van der Waals surface area contributed by atoms with Crippen LogP contribution in [0.2, 0.25) is 0 Å². The van der Waals surface area contributed by atoms with E-state index in [1.165, 1.54) is 19.5 Å². The summed E-state index contributed by atoms with van der Waals surface area (Å²) in [4.78, 5) is 55.0. The van der Waals surface area contributed by atoms with Crippen LogP contribution < -0.4 is 10.6 Å². The van der Waals surface area contributed by atoms with E-state index in [2.05, 4.69) is 57.0 Å². The van der Waals surface area contributed by atoms with Crippen LogP contribution in [0.3, 0.4) is 0 Å². The molecule has 0 saturated carbocycles. The lowest BCUT2D eigenvalue weighted by molar-refractivity contribution is -0.143. The molecule has 2 aromatic rings. The number of carbonyl (C=O) groups is 4. The maximum Gasteiger partial charge on any atom is 0.328 e. The zero-order valence-corrected chi connectivity index (χ0v) is 27.6. The molecule has 228 valence electrons. The maximum absolute atomic E-state index is 12.0. The highest BCUT2D eigenvalue weighted by Gasteiger charge is 2.22. The first kappa shape index (κ1) is 38.7. The molecule has 0 fully saturated rings. The van der Waals surface area contributed by atoms with Crippen LogP contribution in [0.25, 0.3) is 0 Å². The molecule has 0 aliphatic rings. The molecule has 0 aliphatic heterocycles. The highest BCUT2D eigenvalue weighted by Crippen LogP contribution is 2.08. The normalized spacial score (nSPS) is 11.4. The van der Waals surface area contributed by atoms with Crippen LogP contribution in [0.1, 0.15) is 85.9 Å². The van der Waals surface area contributed by atoms with Crippen molar-refractivity contribution in [2.45, 2.75) is 77.3 Å². The number of methoxy groups -OCH3 is 1. The van der Waals surface area contributed by atoms with E-state index >= 15 is 0 Å². The van der Waals surface area contributed by atoms with Crippen molar-refractivity contribution in [3.8, 4) is 0 Å². The van der Waals surface area contributed by atoms with Crippen LogP contribution in [0.15, 0.2) is 49.1 Å². The zero-order valence-electron chi connectivity index (χ0n) is 23.9. The van der Waals surface area contributed by atoms with Crippen molar-refractivity contribution >= 4 is 69.4 Å². The Morgan fingerprint density at radius 3 is 1.63 bits per heavy atom. The van der Waals surface area contributed by atoms with Crippen molar-refractivity contribution < 1.29 is 23.9 Å². The molecule has 2 rings (SSSR count). The lowest BCUT2D eigenvalue weighted by Gasteiger charge is -2.16. The molecule has 0 unspecified atom stereocenters. The number of halogens is 3. The van der Waals surface area contributed by atoms with Gasteiger partial charge in [0.1, 0.15) is 6.04 Å². The number of nitrogens with one attached hydrogen (secondary N) is 2. The Morgan fingerprint density at radius 1 is 0.829 bits per heavy atom. The number of hydrogen-bond donors (Lipinski definition) is 2. The second kappa shape index (κ2) is 25.4. The Balaban J connectivity index is 0.000000712. The number of ketones is 1. The molecule has 0 bridgehead atoms. The van der Waals surface area contributed by atoms with Crippen molar-refractivity contribution in [1.82, 2.24) is 20.6 Å². The summed E-state index contributed by atoms with van der Waals surface area (Å²) in [6.45, 7) is 4.17. The molecule has 41 heavy (non-hydrogen) atoms. The van der Waals surface area contributed by atoms with E-state index in [9.17, 15) is 19.2 Å². The molecule has 0 aliphatic carbocycles. The van der Waals surface area contributed by atoms with Crippen LogP contribution in [0, 0.1) is 0 Å². The Kier molecular flexibility index (Phi) is 24.0. The number of pyridine rings is 2. The second-order valence-electron chi connectivity index (χ2n) is 8.75. The molecule has 12 heteroatoms. The summed E-state index contributed by atoms with van der Waals surface area (Å²) in [5.41, 5.74) is 0.886. The van der Waals surface area contributed by atoms with Crippen molar-refractivity contribution in [1.29, 1.82) is 0 Å². The number of amides is 2. The Bertz CT molecular complexity index is 924. The van der Waals surface area contributed by atoms with Crippen molar-refractivity contribution in [2.75, 3.05) is 16.9 Å². The number of nitrogens with zero attached hydrogens (tertiary/aromatic N) is 2. The number of hydrogen-bond acceptors (Lipinski definition) is 7. The molecule has 0 aromatic carbocycles. The fourth-order valence-corrected chi connectivity index (χ4v) is 3.66. The summed E-state index contributed by atoms with van der Waals surface area (Å²) >= 11 is 12.6. The van der Waals surface area contributed by atoms with Gasteiger partial charge in [-0.3, -0.25) is 24.4 Å². The smallest absolute Gasteiger partial charge is 0.328 e. The fraction of sp³-hybridized carbons (Fsp3) is 0.517. The molecule has 0 saturated heterocycles. The van der Waals surface area contributed by atoms with Gasteiger partial charge >= 0.3 is 5.97 Å². The molecule has 2 atom stereocenters. The molecule has 2 amide bonds. The van der Waals surface area contributed by atoms with E-state index < -0.39 is 18.1 Å². The van der Waals surface area contributed by atoms with Gasteiger partial charge in [-0.1, -0.05) is 75.0 Å². The van der Waals surface area contributed by atoms with Gasteiger partial charge in [0.15, 0.2) is 5.78 Å². The van der Waals surface area contributed by atoms with Crippen molar-refractivity contribution in [2.24, 2.45) is 0 Å². The number of carbonyl (C=O) groups excluding carboxylic acids is 4. The monoisotopic (exact) mass is 722 g/mol. The molecular weight excluding hydrogens is 682 g/mol. The largest absolute Gasteiger partial charge is 0.467 e. The van der Waals surface area contributed by atoms with Gasteiger partial charge in [0.05, 0.1) is 34.0 Å². The summed E-state index contributed by atoms with van der Waals surface area (Å²) in [6, 6.07) is 5.59. The van der Waals surface area contributed by atoms with Gasteiger partial charge in [0, 0.05) is 24.8 Å². The molecule has 2 heterocycles. The summed E-state index contributed by atoms with van der Waals surface area (Å²) in [6.07, 6.45) is 13.3. The Hall–Kier alpha value is -2.31. The molecule has 0 radical (unpaired) electrons. The van der Waals surface area contributed by atoms with E-state index in [4.69, 9.17) is 27.9 Å². The van der Waals surface area contributed by atoms with Crippen LogP contribution in [-0.2, 0) is 14.3 Å². The third-order valence-electron chi connectivity index (χ3n) is 5.66. The van der Waals surface area contributed by atoms with Gasteiger partial charge in [0.2, 0.25) is 0 Å². The minimum atomic E-state index is -0.593. The summed E-state index contributed by atoms with van der Waals surface area (Å²) in [5, 5.41) is 5.42. The second-order valence-corrected chi connectivity index (χ2v) is 11.0. The summed E-state index contributed by atoms with van der Waals surface area (Å²) in [7, 11) is 1.32. The van der Waals surface area contributed by atoms with Gasteiger partial charge in [0.25, 0.3) is 11.8 Å². The van der Waals surface area contributed by atoms with Crippen LogP contribution >= 0.6 is 45.8 Å². The number of Topliss-reactive ketones (excluding diaryl/α,β-unsaturated/α-hetero) is 1. The maximum atomic E-state index is 12.0. The summed E-state index contributed by atoms with van der Waals surface area (Å²) < 4.78 is 5.40. The first-order chi connectivity index (χ1) is 19.8. The third-order valence-corrected chi connectivity index (χ3v) is 5.92. The van der Waals surface area contributed by atoms with Gasteiger partial charge < -0.3 is 15.4 Å². The zero-order chi connectivity index (χ0) is 30.9. The SMILES string of the molecule is CCCCC[C@H](NC(=O)c1cccnc1)C(=O)CCl.CCCCC[C@H](NC(=O)c1cccnc1)C(=O)OC.ClCI. The molecular formula is C29H41Cl2IN4O5. The minimum Gasteiger partial charge on any atom is -0.467 e. The average molecular weight is 723 g/mol. The van der Waals surface area contributed by atoms with E-state index in [1.54, 1.807) is 36.7 Å². The number of unbranched alkanes of at least 4 members (excludes halogenated alkanes) is 4. The quantitative estimate of drug-likeness (QED) is 0.0982. The Morgan fingerprint density at radius 2 is 1.27 bits per heavy atom. The van der Waals surface area contributed by atoms with Gasteiger partial charge in [-0.15, -0.1) is 23.2 Å². The number of rotatable bonds is 15. The average Bonchev–Trinajstić information content (AvgIpc) is 3.00. The lowest BCUT2D eigenvalue weighted by atomic mass is 10.0. The highest BCUT2D eigenvalue weighted by atomic mass is 127. The van der Waals surface area contributed by atoms with Crippen LogP contribution in [0.5, 0.6) is 0 Å². The highest BCUT2D eigenvalue weighted by molar-refractivity contribution is 14.1. The fourth-order valence-electron chi connectivity index (χ4n) is 3.47. The number of ether oxygens (including phenoxy) is 1. The Labute approximate surface area is 267 Å². The molecule has 0 spiro atoms. The van der Waals surface area contributed by atoms with Crippen LogP contribution in [0.4, 0.5) is 0 Å². The van der Waals surface area contributed by atoms with Gasteiger partial charge in [-0.2, -0.15) is 0 Å². The van der Waals surface area contributed by atoms with E-state index in [1.807, 2.05) is 0 Å². The van der Waals surface area contributed by atoms with E-state index in [0.29, 0.717) is 27.9 Å². The molecule has 2 N–H and O–H groups in total. The third kappa shape index (κ3) is 18.0. The first-order valence-corrected chi connectivity index (χ1v) is 16.1. The van der Waals surface area contributed by atoms with Gasteiger partial charge in [-0.25, -0.2) is 4.79 Å². The van der Waals surface area contributed by atoms with Crippen LogP contribution in [-0.4, -0.2) is 62.5 Å². The van der Waals surface area contributed by atoms with Gasteiger partial charge in [-0.05, 0) is 37.1 Å². The predicted molar refractivity (Wildman–Crippen MR) is 172 cm³/mol. The molecule has 2 aromatic heterocycles.